The topological polar surface area (TPSA) is 108 Å². The first-order chi connectivity index (χ1) is 18.1. The molecule has 2 saturated heterocycles. The van der Waals surface area contributed by atoms with Crippen LogP contribution in [-0.4, -0.2) is 73.4 Å². The molecule has 2 aromatic rings. The lowest BCUT2D eigenvalue weighted by Crippen LogP contribution is -2.60. The number of sulfonamides is 1. The first-order valence-corrected chi connectivity index (χ1v) is 14.6. The van der Waals surface area contributed by atoms with E-state index in [2.05, 4.69) is 10.6 Å². The smallest absolute Gasteiger partial charge is 0.226 e. The van der Waals surface area contributed by atoms with Crippen LogP contribution in [0.25, 0.3) is 0 Å². The summed E-state index contributed by atoms with van der Waals surface area (Å²) in [5.74, 6) is -2.43. The van der Waals surface area contributed by atoms with Gasteiger partial charge in [0.1, 0.15) is 11.6 Å². The van der Waals surface area contributed by atoms with Gasteiger partial charge in [-0.3, -0.25) is 4.79 Å². The highest BCUT2D eigenvalue weighted by Crippen LogP contribution is 2.23. The van der Waals surface area contributed by atoms with Crippen molar-refractivity contribution in [3.8, 4) is 0 Å². The normalized spacial score (nSPS) is 22.1. The minimum absolute atomic E-state index is 0.000126. The van der Waals surface area contributed by atoms with Crippen molar-refractivity contribution in [1.29, 1.82) is 0 Å². The van der Waals surface area contributed by atoms with Crippen LogP contribution in [0.1, 0.15) is 30.9 Å². The zero-order valence-electron chi connectivity index (χ0n) is 21.4. The van der Waals surface area contributed by atoms with E-state index in [0.717, 1.165) is 11.6 Å². The van der Waals surface area contributed by atoms with Crippen molar-refractivity contribution in [2.45, 2.75) is 57.1 Å². The summed E-state index contributed by atoms with van der Waals surface area (Å²) in [6.07, 6.45) is -0.250. The molecule has 38 heavy (non-hydrogen) atoms. The second kappa shape index (κ2) is 12.6. The zero-order chi connectivity index (χ0) is 27.3. The van der Waals surface area contributed by atoms with Crippen molar-refractivity contribution in [1.82, 2.24) is 14.9 Å². The Kier molecular flexibility index (Phi) is 9.48. The molecular weight excluding hydrogens is 516 g/mol. The number of halogens is 2. The van der Waals surface area contributed by atoms with E-state index < -0.39 is 51.7 Å². The summed E-state index contributed by atoms with van der Waals surface area (Å²) in [7, 11) is -3.39. The number of aliphatic hydroxyl groups excluding tert-OH is 1. The standard InChI is InChI=1S/C27H35F2N3O5S/c1-2-8-38(35,36)32-15-20(16-32)27(34)31-25(11-19-9-21(28)12-22(29)10-19)26(33)24-13-23(14-30-24)37-17-18-6-4-3-5-7-18/h3-7,9-10,12,20,23-26,30,33H,2,8,11,13-17H2,1H3,(H,31,34)/t23-,24-,25+,26-/m1/s1. The van der Waals surface area contributed by atoms with Gasteiger partial charge in [-0.25, -0.2) is 21.5 Å². The minimum atomic E-state index is -3.39. The lowest BCUT2D eigenvalue weighted by molar-refractivity contribution is -0.130. The molecule has 208 valence electrons. The lowest BCUT2D eigenvalue weighted by atomic mass is 9.93. The lowest BCUT2D eigenvalue weighted by Gasteiger charge is -2.38. The summed E-state index contributed by atoms with van der Waals surface area (Å²) in [6.45, 7) is 2.86. The van der Waals surface area contributed by atoms with Crippen LogP contribution in [-0.2, 0) is 32.6 Å². The van der Waals surface area contributed by atoms with Crippen LogP contribution < -0.4 is 10.6 Å². The molecule has 0 saturated carbocycles. The van der Waals surface area contributed by atoms with Gasteiger partial charge in [0.25, 0.3) is 0 Å². The highest BCUT2D eigenvalue weighted by Gasteiger charge is 2.41. The van der Waals surface area contributed by atoms with Gasteiger partial charge in [-0.2, -0.15) is 0 Å². The third kappa shape index (κ3) is 7.35. The van der Waals surface area contributed by atoms with Gasteiger partial charge in [-0.15, -0.1) is 0 Å². The molecule has 0 aliphatic carbocycles. The van der Waals surface area contributed by atoms with Gasteiger partial charge in [0.05, 0.1) is 36.5 Å². The Hall–Kier alpha value is -2.44. The van der Waals surface area contributed by atoms with Crippen LogP contribution in [0.15, 0.2) is 48.5 Å². The molecule has 2 fully saturated rings. The monoisotopic (exact) mass is 551 g/mol. The largest absolute Gasteiger partial charge is 0.389 e. The van der Waals surface area contributed by atoms with Crippen LogP contribution >= 0.6 is 0 Å². The molecule has 11 heteroatoms. The van der Waals surface area contributed by atoms with E-state index in [4.69, 9.17) is 4.74 Å². The third-order valence-corrected chi connectivity index (χ3v) is 9.07. The number of nitrogens with zero attached hydrogens (tertiary/aromatic N) is 1. The summed E-state index contributed by atoms with van der Waals surface area (Å²) >= 11 is 0. The molecule has 0 aromatic heterocycles. The van der Waals surface area contributed by atoms with Gasteiger partial charge in [0.2, 0.25) is 15.9 Å². The summed E-state index contributed by atoms with van der Waals surface area (Å²) in [5, 5.41) is 17.3. The number of carbonyl (C=O) groups excluding carboxylic acids is 1. The number of aliphatic hydroxyl groups is 1. The van der Waals surface area contributed by atoms with Crippen molar-refractivity contribution in [3.05, 3.63) is 71.3 Å². The van der Waals surface area contributed by atoms with Crippen LogP contribution in [0.2, 0.25) is 0 Å². The molecule has 4 atom stereocenters. The molecule has 1 amide bonds. The number of hydrogen-bond acceptors (Lipinski definition) is 6. The Morgan fingerprint density at radius 3 is 2.50 bits per heavy atom. The molecular formula is C27H35F2N3O5S. The van der Waals surface area contributed by atoms with Crippen molar-refractivity contribution in [2.24, 2.45) is 5.92 Å². The summed E-state index contributed by atoms with van der Waals surface area (Å²) in [4.78, 5) is 13.0. The highest BCUT2D eigenvalue weighted by molar-refractivity contribution is 7.89. The Morgan fingerprint density at radius 1 is 1.16 bits per heavy atom. The van der Waals surface area contributed by atoms with Gasteiger partial charge in [0.15, 0.2) is 0 Å². The molecule has 0 bridgehead atoms. The molecule has 2 aliphatic heterocycles. The molecule has 8 nitrogen and oxygen atoms in total. The van der Waals surface area contributed by atoms with E-state index in [9.17, 15) is 27.1 Å². The van der Waals surface area contributed by atoms with E-state index >= 15 is 0 Å². The van der Waals surface area contributed by atoms with Gasteiger partial charge >= 0.3 is 0 Å². The molecule has 2 aromatic carbocycles. The zero-order valence-corrected chi connectivity index (χ0v) is 22.2. The fourth-order valence-corrected chi connectivity index (χ4v) is 6.54. The van der Waals surface area contributed by atoms with Crippen LogP contribution in [0.3, 0.4) is 0 Å². The second-order valence-corrected chi connectivity index (χ2v) is 12.2. The van der Waals surface area contributed by atoms with E-state index in [1.54, 1.807) is 6.92 Å². The predicted molar refractivity (Wildman–Crippen MR) is 139 cm³/mol. The van der Waals surface area contributed by atoms with Crippen LogP contribution in [0.4, 0.5) is 8.78 Å². The van der Waals surface area contributed by atoms with E-state index in [0.29, 0.717) is 31.6 Å². The van der Waals surface area contributed by atoms with E-state index in [-0.39, 0.29) is 31.4 Å². The van der Waals surface area contributed by atoms with Gasteiger partial charge in [0, 0.05) is 31.7 Å². The Morgan fingerprint density at radius 2 is 1.84 bits per heavy atom. The quantitative estimate of drug-likeness (QED) is 0.372. The SMILES string of the molecule is CCCS(=O)(=O)N1CC(C(=O)N[C@@H](Cc2cc(F)cc(F)c2)[C@H](O)[C@H]2C[C@@H](OCc3ccccc3)CN2)C1. The molecule has 2 heterocycles. The third-order valence-electron chi connectivity index (χ3n) is 7.06. The van der Waals surface area contributed by atoms with Crippen molar-refractivity contribution in [2.75, 3.05) is 25.4 Å². The highest BCUT2D eigenvalue weighted by atomic mass is 32.2. The molecule has 4 rings (SSSR count). The van der Waals surface area contributed by atoms with Gasteiger partial charge in [-0.1, -0.05) is 37.3 Å². The number of ether oxygens (including phenoxy) is 1. The molecule has 0 radical (unpaired) electrons. The first-order valence-electron chi connectivity index (χ1n) is 12.9. The number of amides is 1. The van der Waals surface area contributed by atoms with Crippen LogP contribution in [0, 0.1) is 17.6 Å². The number of carbonyl (C=O) groups is 1. The van der Waals surface area contributed by atoms with Crippen molar-refractivity contribution < 1.29 is 31.8 Å². The van der Waals surface area contributed by atoms with E-state index in [1.807, 2.05) is 30.3 Å². The van der Waals surface area contributed by atoms with Gasteiger partial charge in [-0.05, 0) is 42.5 Å². The van der Waals surface area contributed by atoms with E-state index in [1.165, 1.54) is 16.4 Å². The molecule has 3 N–H and O–H groups in total. The Bertz CT molecular complexity index is 1170. The summed E-state index contributed by atoms with van der Waals surface area (Å²) in [6, 6.07) is 11.6. The molecule has 0 unspecified atom stereocenters. The van der Waals surface area contributed by atoms with Crippen molar-refractivity contribution in [3.63, 3.8) is 0 Å². The first kappa shape index (κ1) is 28.6. The second-order valence-electron chi connectivity index (χ2n) is 10.1. The Labute approximate surface area is 222 Å². The maximum atomic E-state index is 13.8. The molecule has 2 aliphatic rings. The molecule has 0 spiro atoms. The average Bonchev–Trinajstić information content (AvgIpc) is 3.30. The predicted octanol–water partition coefficient (Wildman–Crippen LogP) is 1.97. The number of hydrogen-bond donors (Lipinski definition) is 3. The summed E-state index contributed by atoms with van der Waals surface area (Å²) in [5.41, 5.74) is 1.33. The van der Waals surface area contributed by atoms with Crippen molar-refractivity contribution >= 4 is 15.9 Å². The maximum absolute atomic E-state index is 13.8. The Balaban J connectivity index is 1.39. The maximum Gasteiger partial charge on any atom is 0.226 e. The number of benzene rings is 2. The fourth-order valence-electron chi connectivity index (χ4n) is 4.95. The minimum Gasteiger partial charge on any atom is -0.389 e. The van der Waals surface area contributed by atoms with Crippen LogP contribution in [0.5, 0.6) is 0 Å². The van der Waals surface area contributed by atoms with Gasteiger partial charge < -0.3 is 20.5 Å². The average molecular weight is 552 g/mol. The number of rotatable bonds is 12. The fraction of sp³-hybridized carbons (Fsp3) is 0.519. The summed E-state index contributed by atoms with van der Waals surface area (Å²) < 4.78 is 59.4. The number of nitrogens with one attached hydrogen (secondary N) is 2.